The quantitative estimate of drug-likeness (QED) is 0.0319. The van der Waals surface area contributed by atoms with Crippen molar-refractivity contribution in [3.8, 4) is 0 Å². The van der Waals surface area contributed by atoms with Crippen LogP contribution in [-0.2, 0) is 15.1 Å². The van der Waals surface area contributed by atoms with Crippen molar-refractivity contribution in [1.82, 2.24) is 0 Å². The molecule has 0 amide bonds. The van der Waals surface area contributed by atoms with Crippen molar-refractivity contribution in [3.05, 3.63) is 12.2 Å². The predicted octanol–water partition coefficient (Wildman–Crippen LogP) is 8.59. The van der Waals surface area contributed by atoms with Crippen LogP contribution < -0.4 is 0 Å². The second-order valence-electron chi connectivity index (χ2n) is 10.1. The molecule has 0 heterocycles. The minimum atomic E-state index is -5.17. The van der Waals surface area contributed by atoms with Crippen LogP contribution in [0.15, 0.2) is 12.2 Å². The molecule has 0 radical (unpaired) electrons. The van der Waals surface area contributed by atoms with Crippen LogP contribution in [0.4, 0.5) is 0 Å². The summed E-state index contributed by atoms with van der Waals surface area (Å²) in [6, 6.07) is 0. The maximum atomic E-state index is 8.52. The molecular formula is C30H61MgNaO5S. The Morgan fingerprint density at radius 2 is 0.737 bits per heavy atom. The molecule has 0 atom stereocenters. The molecule has 0 bridgehead atoms. The van der Waals surface area contributed by atoms with E-state index >= 15 is 0 Å². The number of unbranched alkanes of at least 4 members (excludes halogenated alkanes) is 21. The molecule has 0 aromatic carbocycles. The van der Waals surface area contributed by atoms with Gasteiger partial charge in [-0.15, -0.1) is 0 Å². The van der Waals surface area contributed by atoms with E-state index in [1.54, 1.807) is 0 Å². The van der Waals surface area contributed by atoms with E-state index < -0.39 is 10.4 Å². The van der Waals surface area contributed by atoms with Gasteiger partial charge in [-0.2, -0.15) is 0 Å². The predicted molar refractivity (Wildman–Crippen MR) is 165 cm³/mol. The molecule has 0 rings (SSSR count). The first-order valence-electron chi connectivity index (χ1n) is 15.3. The Balaban J connectivity index is -0.000000749. The normalized spacial score (nSPS) is 11.1. The summed E-state index contributed by atoms with van der Waals surface area (Å²) in [5, 5.41) is 0. The van der Waals surface area contributed by atoms with Crippen molar-refractivity contribution in [3.63, 3.8) is 0 Å². The molecule has 0 unspecified atom stereocenters. The van der Waals surface area contributed by atoms with Gasteiger partial charge in [-0.1, -0.05) is 142 Å². The Labute approximate surface area is 276 Å². The van der Waals surface area contributed by atoms with Crippen molar-refractivity contribution in [1.29, 1.82) is 0 Å². The summed E-state index contributed by atoms with van der Waals surface area (Å²) in [5.74, 6) is 0. The Bertz CT molecular complexity index is 525. The average Bonchev–Trinajstić information content (AvgIpc) is 2.82. The van der Waals surface area contributed by atoms with E-state index in [1.807, 2.05) is 0 Å². The molecule has 0 aromatic rings. The Morgan fingerprint density at radius 1 is 0.500 bits per heavy atom. The third kappa shape index (κ3) is 57.3. The van der Waals surface area contributed by atoms with E-state index in [4.69, 9.17) is 22.3 Å². The van der Waals surface area contributed by atoms with Gasteiger partial charge in [0.05, 0.1) is 0 Å². The van der Waals surface area contributed by atoms with Gasteiger partial charge in [0.15, 0.2) is 0 Å². The summed E-state index contributed by atoms with van der Waals surface area (Å²) in [6.07, 6.45) is 38.1. The van der Waals surface area contributed by atoms with Gasteiger partial charge in [0.1, 0.15) is 0 Å². The zero-order valence-electron chi connectivity index (χ0n) is 24.7. The summed E-state index contributed by atoms with van der Waals surface area (Å²) in [4.78, 5) is 0. The van der Waals surface area contributed by atoms with Crippen molar-refractivity contribution in [2.24, 2.45) is 0 Å². The molecule has 0 saturated heterocycles. The van der Waals surface area contributed by atoms with Gasteiger partial charge in [0.2, 0.25) is 0 Å². The molecule has 8 heteroatoms. The fraction of sp³-hybridized carbons (Fsp3) is 0.933. The maximum absolute atomic E-state index is 8.52. The van der Waals surface area contributed by atoms with Crippen LogP contribution in [0.2, 0.25) is 0 Å². The summed E-state index contributed by atoms with van der Waals surface area (Å²) < 4.78 is 39.9. The molecule has 0 N–H and O–H groups in total. The van der Waals surface area contributed by atoms with Crippen LogP contribution in [0.3, 0.4) is 0 Å². The molecule has 0 saturated carbocycles. The first-order valence-corrected chi connectivity index (χ1v) is 16.6. The molecule has 0 spiro atoms. The van der Waals surface area contributed by atoms with E-state index in [0.29, 0.717) is 0 Å². The van der Waals surface area contributed by atoms with Gasteiger partial charge in [0, 0.05) is 23.6 Å². The van der Waals surface area contributed by atoms with Gasteiger partial charge in [-0.3, -0.25) is 8.42 Å². The molecular weight excluding hydrogens is 520 g/mol. The SMILES string of the molecule is CCCCCCCC/C=C\CCCCCCCCOCCCCCCCCCCCC.O=S(=O)([O-])[O-].[Mg+2].[NaH]. The summed E-state index contributed by atoms with van der Waals surface area (Å²) >= 11 is 0. The van der Waals surface area contributed by atoms with Crippen LogP contribution >= 0.6 is 0 Å². The minimum absolute atomic E-state index is 0. The zero-order chi connectivity index (χ0) is 27.0. The monoisotopic (exact) mass is 580 g/mol. The summed E-state index contributed by atoms with van der Waals surface area (Å²) in [7, 11) is -5.17. The van der Waals surface area contributed by atoms with Crippen LogP contribution in [0, 0.1) is 0 Å². The fourth-order valence-corrected chi connectivity index (χ4v) is 4.25. The third-order valence-corrected chi connectivity index (χ3v) is 6.44. The van der Waals surface area contributed by atoms with E-state index in [2.05, 4.69) is 26.0 Å². The van der Waals surface area contributed by atoms with Crippen molar-refractivity contribution in [2.75, 3.05) is 13.2 Å². The molecule has 220 valence electrons. The number of hydrogen-bond acceptors (Lipinski definition) is 5. The summed E-state index contributed by atoms with van der Waals surface area (Å²) in [5.41, 5.74) is 0. The van der Waals surface area contributed by atoms with E-state index in [9.17, 15) is 0 Å². The standard InChI is InChI=1S/C30H60O.Mg.Na.H2O4S.H/c1-3-5-7-9-11-13-15-16-17-18-19-20-22-24-26-28-30-31-29-27-25-23-21-14-12-10-8-6-4-2;;;1-5(2,3)4;/h16-17H,3-15,18-30H2,1-2H3;;;(H2,1,2,3,4);/q;+2;;;/p-2/b17-16-;;;;. The molecule has 0 fully saturated rings. The number of rotatable bonds is 27. The van der Waals surface area contributed by atoms with E-state index in [0.717, 1.165) is 13.2 Å². The fourth-order valence-electron chi connectivity index (χ4n) is 4.25. The number of allylic oxidation sites excluding steroid dienone is 2. The van der Waals surface area contributed by atoms with Crippen LogP contribution in [0.1, 0.15) is 168 Å². The Kier molecular flexibility index (Phi) is 49.3. The topological polar surface area (TPSA) is 89.5 Å². The van der Waals surface area contributed by atoms with E-state index in [-0.39, 0.29) is 52.6 Å². The molecule has 0 aliphatic heterocycles. The van der Waals surface area contributed by atoms with E-state index in [1.165, 1.54) is 154 Å². The average molecular weight is 581 g/mol. The number of hydrogen-bond donors (Lipinski definition) is 0. The molecule has 38 heavy (non-hydrogen) atoms. The van der Waals surface area contributed by atoms with Crippen LogP contribution in [0.5, 0.6) is 0 Å². The third-order valence-electron chi connectivity index (χ3n) is 6.44. The summed E-state index contributed by atoms with van der Waals surface area (Å²) in [6.45, 7) is 6.55. The second-order valence-corrected chi connectivity index (χ2v) is 11.0. The molecule has 0 aliphatic rings. The van der Waals surface area contributed by atoms with Gasteiger partial charge in [-0.25, -0.2) is 0 Å². The van der Waals surface area contributed by atoms with Crippen molar-refractivity contribution in [2.45, 2.75) is 168 Å². The van der Waals surface area contributed by atoms with Gasteiger partial charge >= 0.3 is 52.6 Å². The Morgan fingerprint density at radius 3 is 1.03 bits per heavy atom. The van der Waals surface area contributed by atoms with Gasteiger partial charge in [0.25, 0.3) is 0 Å². The van der Waals surface area contributed by atoms with Crippen molar-refractivity contribution >= 4 is 63.0 Å². The van der Waals surface area contributed by atoms with Crippen LogP contribution in [0.25, 0.3) is 0 Å². The Hall–Kier alpha value is 1.34. The molecule has 0 aromatic heterocycles. The molecule has 0 aliphatic carbocycles. The van der Waals surface area contributed by atoms with Crippen LogP contribution in [-0.4, -0.2) is 83.3 Å². The van der Waals surface area contributed by atoms with Gasteiger partial charge in [-0.05, 0) is 38.5 Å². The van der Waals surface area contributed by atoms with Crippen molar-refractivity contribution < 1.29 is 22.3 Å². The number of ether oxygens (including phenoxy) is 1. The first kappa shape index (κ1) is 46.3. The second kappa shape index (κ2) is 40.5. The zero-order valence-corrected chi connectivity index (χ0v) is 26.9. The first-order chi connectivity index (χ1) is 17.4. The molecule has 5 nitrogen and oxygen atoms in total. The van der Waals surface area contributed by atoms with Gasteiger partial charge < -0.3 is 13.8 Å².